The molecule has 0 aromatic carbocycles. The maximum atomic E-state index is 6.10. The summed E-state index contributed by atoms with van der Waals surface area (Å²) in [6.45, 7) is 8.68. The molecule has 18 heavy (non-hydrogen) atoms. The summed E-state index contributed by atoms with van der Waals surface area (Å²) < 4.78 is 11.5. The lowest BCUT2D eigenvalue weighted by Gasteiger charge is -2.21. The van der Waals surface area contributed by atoms with E-state index in [0.29, 0.717) is 24.4 Å². The molecule has 1 N–H and O–H groups in total. The number of ether oxygens (including phenoxy) is 2. The molecule has 4 nitrogen and oxygen atoms in total. The number of nitrogens with zero attached hydrogens (tertiary/aromatic N) is 1. The second-order valence-corrected chi connectivity index (χ2v) is 5.93. The van der Waals surface area contributed by atoms with Crippen LogP contribution in [0.4, 0.5) is 0 Å². The Bertz CT molecular complexity index is 248. The van der Waals surface area contributed by atoms with Gasteiger partial charge in [-0.1, -0.05) is 13.8 Å². The highest BCUT2D eigenvalue weighted by Gasteiger charge is 2.29. The molecular weight excluding hydrogens is 228 g/mol. The fraction of sp³-hybridized carbons (Fsp3) is 1.00. The van der Waals surface area contributed by atoms with Gasteiger partial charge in [-0.05, 0) is 19.3 Å². The van der Waals surface area contributed by atoms with Crippen LogP contribution in [0, 0.1) is 0 Å². The smallest absolute Gasteiger partial charge is 0.0710 e. The van der Waals surface area contributed by atoms with Crippen LogP contribution < -0.4 is 5.32 Å². The van der Waals surface area contributed by atoms with Gasteiger partial charge in [0.1, 0.15) is 0 Å². The Kier molecular flexibility index (Phi) is 5.42. The molecule has 0 aliphatic carbocycles. The Morgan fingerprint density at radius 3 is 2.72 bits per heavy atom. The van der Waals surface area contributed by atoms with Gasteiger partial charge in [-0.3, -0.25) is 4.90 Å². The van der Waals surface area contributed by atoms with E-state index in [1.165, 1.54) is 19.3 Å². The predicted molar refractivity (Wildman–Crippen MR) is 72.9 cm³/mol. The van der Waals surface area contributed by atoms with E-state index in [4.69, 9.17) is 9.47 Å². The molecule has 0 aromatic heterocycles. The van der Waals surface area contributed by atoms with Crippen molar-refractivity contribution in [1.29, 1.82) is 0 Å². The Morgan fingerprint density at radius 1 is 1.28 bits per heavy atom. The molecule has 4 heteroatoms. The zero-order chi connectivity index (χ0) is 13.0. The molecule has 0 radical (unpaired) electrons. The zero-order valence-corrected chi connectivity index (χ0v) is 12.0. The van der Waals surface area contributed by atoms with Crippen molar-refractivity contribution < 1.29 is 9.47 Å². The molecule has 2 fully saturated rings. The van der Waals surface area contributed by atoms with Crippen LogP contribution in [-0.2, 0) is 9.47 Å². The first kappa shape index (κ1) is 14.3. The van der Waals surface area contributed by atoms with Crippen LogP contribution in [0.2, 0.25) is 0 Å². The first-order chi connectivity index (χ1) is 8.67. The van der Waals surface area contributed by atoms with Crippen LogP contribution in [0.5, 0.6) is 0 Å². The molecule has 2 heterocycles. The third-order valence-corrected chi connectivity index (χ3v) is 3.97. The van der Waals surface area contributed by atoms with E-state index in [1.807, 2.05) is 7.11 Å². The maximum Gasteiger partial charge on any atom is 0.0710 e. The molecule has 2 saturated heterocycles. The normalized spacial score (nSPS) is 33.7. The molecule has 106 valence electrons. The first-order valence-electron chi connectivity index (χ1n) is 7.31. The van der Waals surface area contributed by atoms with E-state index in [-0.39, 0.29) is 0 Å². The molecule has 2 aliphatic heterocycles. The van der Waals surface area contributed by atoms with Gasteiger partial charge in [-0.25, -0.2) is 0 Å². The van der Waals surface area contributed by atoms with E-state index >= 15 is 0 Å². The summed E-state index contributed by atoms with van der Waals surface area (Å²) in [6.07, 6.45) is 4.86. The predicted octanol–water partition coefficient (Wildman–Crippen LogP) is 1.25. The Labute approximate surface area is 111 Å². The molecule has 2 aliphatic rings. The van der Waals surface area contributed by atoms with Gasteiger partial charge >= 0.3 is 0 Å². The summed E-state index contributed by atoms with van der Waals surface area (Å²) >= 11 is 0. The highest BCUT2D eigenvalue weighted by molar-refractivity contribution is 4.82. The van der Waals surface area contributed by atoms with Crippen molar-refractivity contribution in [2.24, 2.45) is 0 Å². The number of nitrogens with one attached hydrogen (secondary N) is 1. The fourth-order valence-corrected chi connectivity index (χ4v) is 2.87. The van der Waals surface area contributed by atoms with Gasteiger partial charge in [0.25, 0.3) is 0 Å². The van der Waals surface area contributed by atoms with Gasteiger partial charge < -0.3 is 14.8 Å². The zero-order valence-electron chi connectivity index (χ0n) is 12.0. The van der Waals surface area contributed by atoms with Crippen molar-refractivity contribution in [3.63, 3.8) is 0 Å². The Balaban J connectivity index is 1.64. The number of hydrogen-bond donors (Lipinski definition) is 1. The van der Waals surface area contributed by atoms with Crippen molar-refractivity contribution in [1.82, 2.24) is 10.2 Å². The van der Waals surface area contributed by atoms with Gasteiger partial charge in [0.15, 0.2) is 0 Å². The van der Waals surface area contributed by atoms with Crippen molar-refractivity contribution in [2.75, 3.05) is 33.3 Å². The first-order valence-corrected chi connectivity index (χ1v) is 7.31. The standard InChI is InChI=1S/C14H28N2O2/c1-11(2)15-8-12-4-5-14(18-12)10-16-7-6-13(9-16)17-3/h11-15H,4-10H2,1-3H3. The largest absolute Gasteiger partial charge is 0.380 e. The molecular formula is C14H28N2O2. The van der Waals surface area contributed by atoms with Crippen LogP contribution in [-0.4, -0.2) is 62.5 Å². The van der Waals surface area contributed by atoms with Gasteiger partial charge in [-0.2, -0.15) is 0 Å². The molecule has 0 bridgehead atoms. The summed E-state index contributed by atoms with van der Waals surface area (Å²) in [6, 6.07) is 0.550. The second-order valence-electron chi connectivity index (χ2n) is 5.93. The third kappa shape index (κ3) is 4.19. The second kappa shape index (κ2) is 6.85. The van der Waals surface area contributed by atoms with E-state index in [1.54, 1.807) is 0 Å². The lowest BCUT2D eigenvalue weighted by molar-refractivity contribution is 0.0231. The molecule has 0 saturated carbocycles. The lowest BCUT2D eigenvalue weighted by atomic mass is 10.2. The van der Waals surface area contributed by atoms with Gasteiger partial charge in [-0.15, -0.1) is 0 Å². The third-order valence-electron chi connectivity index (χ3n) is 3.97. The average Bonchev–Trinajstić information content (AvgIpc) is 2.96. The molecule has 3 atom stereocenters. The number of likely N-dealkylation sites (tertiary alicyclic amines) is 1. The molecule has 2 rings (SSSR count). The molecule has 0 spiro atoms. The number of methoxy groups -OCH3 is 1. The van der Waals surface area contributed by atoms with Crippen LogP contribution in [0.1, 0.15) is 33.1 Å². The quantitative estimate of drug-likeness (QED) is 0.775. The Morgan fingerprint density at radius 2 is 2.06 bits per heavy atom. The summed E-state index contributed by atoms with van der Waals surface area (Å²) in [4.78, 5) is 2.48. The fourth-order valence-electron chi connectivity index (χ4n) is 2.87. The van der Waals surface area contributed by atoms with Crippen LogP contribution in [0.25, 0.3) is 0 Å². The van der Waals surface area contributed by atoms with Gasteiger partial charge in [0.2, 0.25) is 0 Å². The SMILES string of the molecule is COC1CCN(CC2CCC(CNC(C)C)O2)C1. The average molecular weight is 256 g/mol. The highest BCUT2D eigenvalue weighted by Crippen LogP contribution is 2.22. The Hall–Kier alpha value is -0.160. The van der Waals surface area contributed by atoms with Crippen LogP contribution >= 0.6 is 0 Å². The molecule has 3 unspecified atom stereocenters. The van der Waals surface area contributed by atoms with E-state index in [2.05, 4.69) is 24.1 Å². The highest BCUT2D eigenvalue weighted by atomic mass is 16.5. The minimum absolute atomic E-state index is 0.415. The summed E-state index contributed by atoms with van der Waals surface area (Å²) in [5, 5.41) is 3.46. The van der Waals surface area contributed by atoms with E-state index < -0.39 is 0 Å². The van der Waals surface area contributed by atoms with Crippen LogP contribution in [0.3, 0.4) is 0 Å². The molecule has 0 amide bonds. The van der Waals surface area contributed by atoms with E-state index in [9.17, 15) is 0 Å². The summed E-state index contributed by atoms with van der Waals surface area (Å²) in [5.41, 5.74) is 0. The van der Waals surface area contributed by atoms with Gasteiger partial charge in [0, 0.05) is 39.3 Å². The van der Waals surface area contributed by atoms with Crippen molar-refractivity contribution in [2.45, 2.75) is 57.5 Å². The van der Waals surface area contributed by atoms with Crippen molar-refractivity contribution in [3.05, 3.63) is 0 Å². The van der Waals surface area contributed by atoms with Crippen molar-refractivity contribution in [3.8, 4) is 0 Å². The number of rotatable bonds is 6. The minimum atomic E-state index is 0.415. The number of hydrogen-bond acceptors (Lipinski definition) is 4. The molecule has 0 aromatic rings. The summed E-state index contributed by atoms with van der Waals surface area (Å²) in [5.74, 6) is 0. The lowest BCUT2D eigenvalue weighted by Crippen LogP contribution is -2.35. The minimum Gasteiger partial charge on any atom is -0.380 e. The van der Waals surface area contributed by atoms with Crippen LogP contribution in [0.15, 0.2) is 0 Å². The van der Waals surface area contributed by atoms with E-state index in [0.717, 1.165) is 26.2 Å². The van der Waals surface area contributed by atoms with Gasteiger partial charge in [0.05, 0.1) is 18.3 Å². The van der Waals surface area contributed by atoms with Crippen molar-refractivity contribution >= 4 is 0 Å². The topological polar surface area (TPSA) is 33.7 Å². The summed E-state index contributed by atoms with van der Waals surface area (Å²) in [7, 11) is 1.81. The monoisotopic (exact) mass is 256 g/mol. The maximum absolute atomic E-state index is 6.10.